The van der Waals surface area contributed by atoms with E-state index in [1.807, 2.05) is 0 Å². The van der Waals surface area contributed by atoms with Crippen molar-refractivity contribution in [1.29, 1.82) is 0 Å². The van der Waals surface area contributed by atoms with Crippen LogP contribution in [0.25, 0.3) is 0 Å². The number of nitrogens with zero attached hydrogens (tertiary/aromatic N) is 3. The van der Waals surface area contributed by atoms with Crippen LogP contribution in [-0.2, 0) is 6.54 Å². The minimum absolute atomic E-state index is 0.495. The smallest absolute Gasteiger partial charge is 0.188 e. The molecule has 1 aliphatic carbocycles. The number of aromatic nitrogens is 4. The lowest BCUT2D eigenvalue weighted by Crippen LogP contribution is -2.27. The Balaban J connectivity index is 1.78. The Morgan fingerprint density at radius 3 is 3.00 bits per heavy atom. The van der Waals surface area contributed by atoms with Gasteiger partial charge in [-0.15, -0.1) is 10.2 Å². The molecule has 2 N–H and O–H groups in total. The molecule has 0 aliphatic heterocycles. The first kappa shape index (κ1) is 9.58. The van der Waals surface area contributed by atoms with Crippen LogP contribution in [0.15, 0.2) is 0 Å². The van der Waals surface area contributed by atoms with Crippen LogP contribution in [0.5, 0.6) is 0 Å². The largest absolute Gasteiger partial charge is 0.307 e. The van der Waals surface area contributed by atoms with Crippen LogP contribution in [-0.4, -0.2) is 26.7 Å². The molecule has 0 radical (unpaired) electrons. The van der Waals surface area contributed by atoms with E-state index in [0.29, 0.717) is 11.5 Å². The molecular weight excluding hydrogens is 178 g/mol. The minimum atomic E-state index is 0.495. The predicted molar refractivity (Wildman–Crippen MR) is 52.4 cm³/mol. The van der Waals surface area contributed by atoms with Crippen LogP contribution in [0, 0.1) is 5.41 Å². The zero-order valence-electron chi connectivity index (χ0n) is 8.75. The van der Waals surface area contributed by atoms with Crippen molar-refractivity contribution in [2.75, 3.05) is 0 Å². The Morgan fingerprint density at radius 1 is 1.57 bits per heavy atom. The van der Waals surface area contributed by atoms with E-state index in [0.717, 1.165) is 12.4 Å². The van der Waals surface area contributed by atoms with Crippen molar-refractivity contribution in [2.24, 2.45) is 5.41 Å². The van der Waals surface area contributed by atoms with E-state index in [9.17, 15) is 0 Å². The maximum Gasteiger partial charge on any atom is 0.188 e. The topological polar surface area (TPSA) is 66.5 Å². The van der Waals surface area contributed by atoms with Gasteiger partial charge in [0, 0.05) is 6.04 Å². The number of H-pyrrole nitrogens is 1. The fraction of sp³-hybridized carbons (Fsp3) is 0.889. The molecule has 78 valence electrons. The second-order valence-electron chi connectivity index (χ2n) is 4.81. The third kappa shape index (κ3) is 2.29. The van der Waals surface area contributed by atoms with Crippen molar-refractivity contribution in [3.63, 3.8) is 0 Å². The van der Waals surface area contributed by atoms with Gasteiger partial charge in [0.25, 0.3) is 0 Å². The highest BCUT2D eigenvalue weighted by Crippen LogP contribution is 2.36. The van der Waals surface area contributed by atoms with Gasteiger partial charge in [-0.25, -0.2) is 0 Å². The molecule has 1 heterocycles. The predicted octanol–water partition coefficient (Wildman–Crippen LogP) is 0.868. The average Bonchev–Trinajstić information content (AvgIpc) is 2.70. The van der Waals surface area contributed by atoms with Gasteiger partial charge in [-0.1, -0.05) is 19.1 Å². The van der Waals surface area contributed by atoms with E-state index in [-0.39, 0.29) is 0 Å². The molecular formula is C9H17N5. The van der Waals surface area contributed by atoms with Crippen LogP contribution < -0.4 is 5.32 Å². The van der Waals surface area contributed by atoms with E-state index in [4.69, 9.17) is 0 Å². The second kappa shape index (κ2) is 3.65. The highest BCUT2D eigenvalue weighted by Gasteiger charge is 2.30. The van der Waals surface area contributed by atoms with E-state index >= 15 is 0 Å². The lowest BCUT2D eigenvalue weighted by Gasteiger charge is -2.17. The zero-order valence-corrected chi connectivity index (χ0v) is 8.75. The van der Waals surface area contributed by atoms with Crippen molar-refractivity contribution in [1.82, 2.24) is 25.9 Å². The highest BCUT2D eigenvalue weighted by atomic mass is 15.5. The fourth-order valence-electron chi connectivity index (χ4n) is 2.10. The van der Waals surface area contributed by atoms with Crippen molar-refractivity contribution in [2.45, 2.75) is 45.7 Å². The summed E-state index contributed by atoms with van der Waals surface area (Å²) in [4.78, 5) is 0. The van der Waals surface area contributed by atoms with Gasteiger partial charge in [0.1, 0.15) is 0 Å². The maximum absolute atomic E-state index is 3.90. The number of nitrogens with one attached hydrogen (secondary N) is 2. The average molecular weight is 195 g/mol. The summed E-state index contributed by atoms with van der Waals surface area (Å²) in [7, 11) is 0. The fourth-order valence-corrected chi connectivity index (χ4v) is 2.10. The summed E-state index contributed by atoms with van der Waals surface area (Å²) >= 11 is 0. The Bertz CT molecular complexity index is 279. The lowest BCUT2D eigenvalue weighted by molar-refractivity contribution is 0.363. The molecule has 1 unspecified atom stereocenters. The summed E-state index contributed by atoms with van der Waals surface area (Å²) in [6.07, 6.45) is 3.80. The molecule has 1 saturated carbocycles. The van der Waals surface area contributed by atoms with Crippen molar-refractivity contribution < 1.29 is 0 Å². The number of hydrogen-bond donors (Lipinski definition) is 2. The third-order valence-corrected chi connectivity index (χ3v) is 2.91. The van der Waals surface area contributed by atoms with E-state index in [2.05, 4.69) is 39.8 Å². The summed E-state index contributed by atoms with van der Waals surface area (Å²) in [5.41, 5.74) is 0.495. The Morgan fingerprint density at radius 2 is 2.43 bits per heavy atom. The molecule has 0 spiro atoms. The zero-order chi connectivity index (χ0) is 10.0. The van der Waals surface area contributed by atoms with Crippen LogP contribution in [0.1, 0.15) is 38.9 Å². The highest BCUT2D eigenvalue weighted by molar-refractivity contribution is 4.87. The first-order valence-electron chi connectivity index (χ1n) is 5.11. The lowest BCUT2D eigenvalue weighted by atomic mass is 9.92. The van der Waals surface area contributed by atoms with Gasteiger partial charge in [-0.3, -0.25) is 0 Å². The van der Waals surface area contributed by atoms with Crippen LogP contribution >= 0.6 is 0 Å². The van der Waals surface area contributed by atoms with Gasteiger partial charge < -0.3 is 5.32 Å². The summed E-state index contributed by atoms with van der Waals surface area (Å²) in [6, 6.07) is 0.614. The molecule has 1 aromatic rings. The summed E-state index contributed by atoms with van der Waals surface area (Å²) in [5.74, 6) is 0.745. The molecule has 0 amide bonds. The monoisotopic (exact) mass is 195 g/mol. The van der Waals surface area contributed by atoms with E-state index < -0.39 is 0 Å². The second-order valence-corrected chi connectivity index (χ2v) is 4.81. The van der Waals surface area contributed by atoms with E-state index in [1.165, 1.54) is 19.3 Å². The summed E-state index contributed by atoms with van der Waals surface area (Å²) in [6.45, 7) is 5.36. The molecule has 1 aromatic heterocycles. The van der Waals surface area contributed by atoms with Gasteiger partial charge >= 0.3 is 0 Å². The Kier molecular flexibility index (Phi) is 2.50. The molecule has 5 heteroatoms. The SMILES string of the molecule is CC1(C)CCC(NCc2nn[nH]n2)C1. The van der Waals surface area contributed by atoms with Crippen LogP contribution in [0.2, 0.25) is 0 Å². The van der Waals surface area contributed by atoms with Gasteiger partial charge in [-0.05, 0) is 24.7 Å². The molecule has 2 rings (SSSR count). The Labute approximate surface area is 83.7 Å². The quantitative estimate of drug-likeness (QED) is 0.751. The summed E-state index contributed by atoms with van der Waals surface area (Å²) < 4.78 is 0. The number of aromatic amines is 1. The number of tetrazole rings is 1. The molecule has 14 heavy (non-hydrogen) atoms. The molecule has 1 aliphatic rings. The molecule has 1 fully saturated rings. The molecule has 1 atom stereocenters. The van der Waals surface area contributed by atoms with Crippen molar-refractivity contribution in [3.8, 4) is 0 Å². The van der Waals surface area contributed by atoms with Gasteiger partial charge in [-0.2, -0.15) is 5.21 Å². The van der Waals surface area contributed by atoms with Crippen molar-refractivity contribution in [3.05, 3.63) is 5.82 Å². The van der Waals surface area contributed by atoms with Gasteiger partial charge in [0.2, 0.25) is 0 Å². The van der Waals surface area contributed by atoms with Gasteiger partial charge in [0.15, 0.2) is 5.82 Å². The first-order chi connectivity index (χ1) is 6.66. The first-order valence-corrected chi connectivity index (χ1v) is 5.11. The standard InChI is InChI=1S/C9H17N5/c1-9(2)4-3-7(5-9)10-6-8-11-13-14-12-8/h7,10H,3-6H2,1-2H3,(H,11,12,13,14). The number of hydrogen-bond acceptors (Lipinski definition) is 4. The molecule has 0 saturated heterocycles. The van der Waals surface area contributed by atoms with Crippen LogP contribution in [0.4, 0.5) is 0 Å². The molecule has 5 nitrogen and oxygen atoms in total. The normalized spacial score (nSPS) is 25.4. The maximum atomic E-state index is 3.90. The van der Waals surface area contributed by atoms with Crippen molar-refractivity contribution >= 4 is 0 Å². The van der Waals surface area contributed by atoms with E-state index in [1.54, 1.807) is 0 Å². The van der Waals surface area contributed by atoms with Gasteiger partial charge in [0.05, 0.1) is 6.54 Å². The summed E-state index contributed by atoms with van der Waals surface area (Å²) in [5, 5.41) is 17.2. The molecule has 0 bridgehead atoms. The minimum Gasteiger partial charge on any atom is -0.307 e. The third-order valence-electron chi connectivity index (χ3n) is 2.91. The van der Waals surface area contributed by atoms with Crippen LogP contribution in [0.3, 0.4) is 0 Å². The molecule has 0 aromatic carbocycles. The Hall–Kier alpha value is -0.970. The number of rotatable bonds is 3.